The van der Waals surface area contributed by atoms with Crippen LogP contribution in [-0.4, -0.2) is 87.0 Å². The first-order valence-corrected chi connectivity index (χ1v) is 12.3. The first-order valence-electron chi connectivity index (χ1n) is 12.3. The Morgan fingerprint density at radius 2 is 1.25 bits per heavy atom. The second kappa shape index (κ2) is 10.2. The molecular weight excluding hydrogens is 452 g/mol. The molecule has 1 atom stereocenters. The summed E-state index contributed by atoms with van der Waals surface area (Å²) in [7, 11) is 0. The van der Waals surface area contributed by atoms with Gasteiger partial charge in [0.2, 0.25) is 11.9 Å². The molecule has 0 N–H and O–H groups in total. The second-order valence-corrected chi connectivity index (χ2v) is 8.88. The Bertz CT molecular complexity index is 1230. The fourth-order valence-corrected chi connectivity index (χ4v) is 4.89. The summed E-state index contributed by atoms with van der Waals surface area (Å²) in [5, 5.41) is 9.11. The number of nitrogens with zero attached hydrogens (tertiary/aromatic N) is 10. The number of aromatic nitrogens is 6. The highest BCUT2D eigenvalue weighted by atomic mass is 15.5. The van der Waals surface area contributed by atoms with Gasteiger partial charge < -0.3 is 14.7 Å². The molecule has 1 aromatic carbocycles. The third-order valence-electron chi connectivity index (χ3n) is 6.78. The lowest BCUT2D eigenvalue weighted by Crippen LogP contribution is -2.64. The SMILES string of the molecule is c1ccc(-c2ccc(N3CCN(c4ncccn4)C(N4CCN(c5ncccn5)CC4)C3)nn2)cc1. The maximum atomic E-state index is 4.59. The van der Waals surface area contributed by atoms with Crippen molar-refractivity contribution in [2.75, 3.05) is 60.5 Å². The molecule has 6 rings (SSSR count). The largest absolute Gasteiger partial charge is 0.350 e. The Hall–Kier alpha value is -4.18. The van der Waals surface area contributed by atoms with Gasteiger partial charge in [-0.15, -0.1) is 10.2 Å². The Morgan fingerprint density at radius 3 is 1.92 bits per heavy atom. The first kappa shape index (κ1) is 22.3. The van der Waals surface area contributed by atoms with Crippen molar-refractivity contribution < 1.29 is 0 Å². The molecule has 0 radical (unpaired) electrons. The van der Waals surface area contributed by atoms with E-state index in [1.54, 1.807) is 12.4 Å². The van der Waals surface area contributed by atoms with Gasteiger partial charge in [-0.1, -0.05) is 30.3 Å². The van der Waals surface area contributed by atoms with Crippen molar-refractivity contribution in [3.63, 3.8) is 0 Å². The molecule has 10 heteroatoms. The highest BCUT2D eigenvalue weighted by molar-refractivity contribution is 5.59. The van der Waals surface area contributed by atoms with E-state index < -0.39 is 0 Å². The van der Waals surface area contributed by atoms with E-state index in [4.69, 9.17) is 0 Å². The Labute approximate surface area is 210 Å². The lowest BCUT2D eigenvalue weighted by atomic mass is 10.1. The predicted octanol–water partition coefficient (Wildman–Crippen LogP) is 2.20. The molecule has 0 saturated carbocycles. The molecule has 0 bridgehead atoms. The normalized spacial score (nSPS) is 18.9. The molecule has 4 aromatic rings. The number of benzene rings is 1. The smallest absolute Gasteiger partial charge is 0.226 e. The summed E-state index contributed by atoms with van der Waals surface area (Å²) in [5.41, 5.74) is 1.95. The fourth-order valence-electron chi connectivity index (χ4n) is 4.89. The van der Waals surface area contributed by atoms with Crippen LogP contribution in [0.1, 0.15) is 0 Å². The zero-order valence-corrected chi connectivity index (χ0v) is 20.0. The van der Waals surface area contributed by atoms with E-state index in [-0.39, 0.29) is 6.17 Å². The summed E-state index contributed by atoms with van der Waals surface area (Å²) in [6.45, 7) is 5.97. The number of piperazine rings is 2. The van der Waals surface area contributed by atoms with Gasteiger partial charge in [0, 0.05) is 69.6 Å². The fraction of sp³-hybridized carbons (Fsp3) is 0.308. The van der Waals surface area contributed by atoms with Gasteiger partial charge in [0.25, 0.3) is 0 Å². The Morgan fingerprint density at radius 1 is 0.583 bits per heavy atom. The predicted molar refractivity (Wildman–Crippen MR) is 139 cm³/mol. The van der Waals surface area contributed by atoms with Crippen molar-refractivity contribution in [1.82, 2.24) is 35.0 Å². The average molecular weight is 481 g/mol. The Balaban J connectivity index is 1.20. The van der Waals surface area contributed by atoms with Gasteiger partial charge in [-0.05, 0) is 24.3 Å². The molecule has 10 nitrogen and oxygen atoms in total. The first-order chi connectivity index (χ1) is 17.8. The van der Waals surface area contributed by atoms with Crippen LogP contribution < -0.4 is 14.7 Å². The monoisotopic (exact) mass is 480 g/mol. The molecule has 0 spiro atoms. The van der Waals surface area contributed by atoms with Crippen LogP contribution in [-0.2, 0) is 0 Å². The van der Waals surface area contributed by atoms with Crippen LogP contribution in [0.25, 0.3) is 11.3 Å². The average Bonchev–Trinajstić information content (AvgIpc) is 2.98. The van der Waals surface area contributed by atoms with Gasteiger partial charge in [0.05, 0.1) is 12.2 Å². The lowest BCUT2D eigenvalue weighted by molar-refractivity contribution is 0.170. The molecule has 2 aliphatic rings. The third-order valence-corrected chi connectivity index (χ3v) is 6.78. The molecule has 1 unspecified atom stereocenters. The summed E-state index contributed by atoms with van der Waals surface area (Å²) >= 11 is 0. The molecule has 36 heavy (non-hydrogen) atoms. The van der Waals surface area contributed by atoms with Gasteiger partial charge >= 0.3 is 0 Å². The van der Waals surface area contributed by atoms with Crippen molar-refractivity contribution in [2.45, 2.75) is 6.17 Å². The third kappa shape index (κ3) is 4.67. The van der Waals surface area contributed by atoms with Crippen molar-refractivity contribution in [3.8, 4) is 11.3 Å². The van der Waals surface area contributed by atoms with E-state index >= 15 is 0 Å². The van der Waals surface area contributed by atoms with Crippen molar-refractivity contribution in [2.24, 2.45) is 0 Å². The molecule has 182 valence electrons. The van der Waals surface area contributed by atoms with Crippen LogP contribution >= 0.6 is 0 Å². The maximum Gasteiger partial charge on any atom is 0.226 e. The summed E-state index contributed by atoms with van der Waals surface area (Å²) < 4.78 is 0. The molecule has 0 aliphatic carbocycles. The number of hydrogen-bond acceptors (Lipinski definition) is 10. The lowest BCUT2D eigenvalue weighted by Gasteiger charge is -2.48. The van der Waals surface area contributed by atoms with E-state index in [1.165, 1.54) is 0 Å². The highest BCUT2D eigenvalue weighted by Gasteiger charge is 2.35. The molecular formula is C26H28N10. The van der Waals surface area contributed by atoms with E-state index in [9.17, 15) is 0 Å². The quantitative estimate of drug-likeness (QED) is 0.423. The minimum absolute atomic E-state index is 0.121. The van der Waals surface area contributed by atoms with Gasteiger partial charge in [0.1, 0.15) is 6.17 Å². The van der Waals surface area contributed by atoms with Crippen LogP contribution in [0.15, 0.2) is 79.4 Å². The van der Waals surface area contributed by atoms with Gasteiger partial charge in [0.15, 0.2) is 5.82 Å². The minimum atomic E-state index is 0.121. The van der Waals surface area contributed by atoms with Gasteiger partial charge in [-0.25, -0.2) is 19.9 Å². The standard InChI is InChI=1S/C26H28N10/c1-2-6-21(7-3-1)22-8-9-23(32-31-22)35-18-19-36(26-29-12-5-13-30-26)24(20-35)33-14-16-34(17-15-33)25-27-10-4-11-28-25/h1-13,24H,14-20H2. The number of rotatable bonds is 5. The summed E-state index contributed by atoms with van der Waals surface area (Å²) in [6.07, 6.45) is 7.34. The van der Waals surface area contributed by atoms with Crippen LogP contribution in [0, 0.1) is 0 Å². The van der Waals surface area contributed by atoms with Crippen LogP contribution in [0.5, 0.6) is 0 Å². The summed E-state index contributed by atoms with van der Waals surface area (Å²) in [6, 6.07) is 18.0. The molecule has 3 aromatic heterocycles. The van der Waals surface area contributed by atoms with E-state index in [0.29, 0.717) is 0 Å². The molecule has 0 amide bonds. The highest BCUT2D eigenvalue weighted by Crippen LogP contribution is 2.25. The second-order valence-electron chi connectivity index (χ2n) is 8.88. The molecule has 5 heterocycles. The zero-order chi connectivity index (χ0) is 24.2. The molecule has 2 fully saturated rings. The number of hydrogen-bond donors (Lipinski definition) is 0. The van der Waals surface area contributed by atoms with Crippen molar-refractivity contribution in [1.29, 1.82) is 0 Å². The topological polar surface area (TPSA) is 90.3 Å². The Kier molecular flexibility index (Phi) is 6.32. The summed E-state index contributed by atoms with van der Waals surface area (Å²) in [4.78, 5) is 27.4. The molecule has 2 saturated heterocycles. The van der Waals surface area contributed by atoms with Gasteiger partial charge in [-0.3, -0.25) is 4.90 Å². The zero-order valence-electron chi connectivity index (χ0n) is 20.0. The van der Waals surface area contributed by atoms with Crippen LogP contribution in [0.4, 0.5) is 17.7 Å². The van der Waals surface area contributed by atoms with Crippen LogP contribution in [0.2, 0.25) is 0 Å². The van der Waals surface area contributed by atoms with Crippen LogP contribution in [0.3, 0.4) is 0 Å². The van der Waals surface area contributed by atoms with E-state index in [2.05, 4.69) is 74.0 Å². The number of anilines is 3. The molecule has 2 aliphatic heterocycles. The summed E-state index contributed by atoms with van der Waals surface area (Å²) in [5.74, 6) is 2.45. The van der Waals surface area contributed by atoms with Crippen molar-refractivity contribution in [3.05, 3.63) is 79.4 Å². The minimum Gasteiger partial charge on any atom is -0.350 e. The van der Waals surface area contributed by atoms with E-state index in [1.807, 2.05) is 42.7 Å². The van der Waals surface area contributed by atoms with Gasteiger partial charge in [-0.2, -0.15) is 0 Å². The van der Waals surface area contributed by atoms with E-state index in [0.717, 1.165) is 74.8 Å². The maximum absolute atomic E-state index is 4.59. The van der Waals surface area contributed by atoms with Crippen molar-refractivity contribution >= 4 is 17.7 Å².